The Balaban J connectivity index is 2.10. The van der Waals surface area contributed by atoms with E-state index in [1.54, 1.807) is 24.3 Å². The predicted octanol–water partition coefficient (Wildman–Crippen LogP) is 3.61. The summed E-state index contributed by atoms with van der Waals surface area (Å²) in [6.07, 6.45) is -4.86. The van der Waals surface area contributed by atoms with E-state index in [9.17, 15) is 23.3 Å². The second kappa shape index (κ2) is 6.97. The number of halogens is 3. The maximum absolute atomic E-state index is 12.2. The van der Waals surface area contributed by atoms with Crippen molar-refractivity contribution in [2.75, 3.05) is 5.43 Å². The van der Waals surface area contributed by atoms with Gasteiger partial charge in [0.2, 0.25) is 0 Å². The number of hydrazine groups is 1. The van der Waals surface area contributed by atoms with Crippen molar-refractivity contribution in [3.63, 3.8) is 0 Å². The summed E-state index contributed by atoms with van der Waals surface area (Å²) in [5.74, 6) is -0.514. The fraction of sp³-hybridized carbons (Fsp3) is 0.143. The molecular formula is C14H12F3N3O3. The van der Waals surface area contributed by atoms with Crippen LogP contribution in [0.5, 0.6) is 5.75 Å². The second-order valence-corrected chi connectivity index (χ2v) is 4.44. The van der Waals surface area contributed by atoms with Crippen molar-refractivity contribution in [3.05, 3.63) is 64.2 Å². The Morgan fingerprint density at radius 2 is 1.83 bits per heavy atom. The maximum atomic E-state index is 12.2. The summed E-state index contributed by atoms with van der Waals surface area (Å²) >= 11 is 0. The molecule has 0 aliphatic heterocycles. The van der Waals surface area contributed by atoms with Gasteiger partial charge in [0.15, 0.2) is 0 Å². The number of nitro benzene ring substituents is 1. The minimum atomic E-state index is -4.86. The zero-order valence-corrected chi connectivity index (χ0v) is 11.6. The predicted molar refractivity (Wildman–Crippen MR) is 76.7 cm³/mol. The van der Waals surface area contributed by atoms with E-state index in [4.69, 9.17) is 0 Å². The Morgan fingerprint density at radius 3 is 2.43 bits per heavy atom. The zero-order chi connectivity index (χ0) is 16.9. The largest absolute Gasteiger partial charge is 0.573 e. The Hall–Kier alpha value is -2.81. The molecule has 0 radical (unpaired) electrons. The fourth-order valence-corrected chi connectivity index (χ4v) is 1.84. The van der Waals surface area contributed by atoms with Gasteiger partial charge in [0, 0.05) is 23.9 Å². The molecule has 0 saturated heterocycles. The van der Waals surface area contributed by atoms with Crippen LogP contribution in [0.2, 0.25) is 0 Å². The Morgan fingerprint density at radius 1 is 1.13 bits per heavy atom. The molecule has 0 bridgehead atoms. The molecule has 2 rings (SSSR count). The quantitative estimate of drug-likeness (QED) is 0.626. The molecule has 0 spiro atoms. The van der Waals surface area contributed by atoms with Crippen LogP contribution < -0.4 is 15.6 Å². The second-order valence-electron chi connectivity index (χ2n) is 4.44. The van der Waals surface area contributed by atoms with Crippen LogP contribution in [0.4, 0.5) is 24.5 Å². The molecule has 2 aromatic rings. The van der Waals surface area contributed by atoms with E-state index in [1.807, 2.05) is 6.07 Å². The Kier molecular flexibility index (Phi) is 5.02. The van der Waals surface area contributed by atoms with E-state index >= 15 is 0 Å². The number of para-hydroxylation sites is 1. The SMILES string of the molecule is O=[N+]([O-])c1ccc(OC(F)(F)F)cc1CNNc1ccccc1. The highest BCUT2D eigenvalue weighted by atomic mass is 19.4. The number of ether oxygens (including phenoxy) is 1. The highest BCUT2D eigenvalue weighted by Gasteiger charge is 2.31. The number of hydrogen-bond donors (Lipinski definition) is 2. The molecule has 0 atom stereocenters. The molecule has 0 unspecified atom stereocenters. The first-order valence-corrected chi connectivity index (χ1v) is 6.42. The molecule has 122 valence electrons. The third-order valence-electron chi connectivity index (χ3n) is 2.77. The molecule has 9 heteroatoms. The summed E-state index contributed by atoms with van der Waals surface area (Å²) in [6, 6.07) is 11.7. The molecule has 0 aliphatic carbocycles. The average molecular weight is 327 g/mol. The monoisotopic (exact) mass is 327 g/mol. The molecule has 0 aliphatic rings. The molecule has 0 saturated carbocycles. The zero-order valence-electron chi connectivity index (χ0n) is 11.6. The molecule has 6 nitrogen and oxygen atoms in total. The summed E-state index contributed by atoms with van der Waals surface area (Å²) < 4.78 is 40.4. The lowest BCUT2D eigenvalue weighted by Gasteiger charge is -2.12. The minimum Gasteiger partial charge on any atom is -0.406 e. The van der Waals surface area contributed by atoms with Crippen LogP contribution in [-0.4, -0.2) is 11.3 Å². The van der Waals surface area contributed by atoms with Gasteiger partial charge < -0.3 is 10.2 Å². The third-order valence-corrected chi connectivity index (χ3v) is 2.77. The Bertz CT molecular complexity index is 678. The molecule has 23 heavy (non-hydrogen) atoms. The highest BCUT2D eigenvalue weighted by molar-refractivity contribution is 5.46. The van der Waals surface area contributed by atoms with E-state index in [-0.39, 0.29) is 17.8 Å². The van der Waals surface area contributed by atoms with Gasteiger partial charge in [0.05, 0.1) is 4.92 Å². The summed E-state index contributed by atoms with van der Waals surface area (Å²) in [4.78, 5) is 10.3. The number of hydrogen-bond acceptors (Lipinski definition) is 5. The minimum absolute atomic E-state index is 0.0557. The first-order chi connectivity index (χ1) is 10.8. The van der Waals surface area contributed by atoms with Gasteiger partial charge in [-0.15, -0.1) is 13.2 Å². The van der Waals surface area contributed by atoms with Crippen molar-refractivity contribution < 1.29 is 22.8 Å². The molecular weight excluding hydrogens is 315 g/mol. The van der Waals surface area contributed by atoms with E-state index < -0.39 is 17.0 Å². The van der Waals surface area contributed by atoms with Gasteiger partial charge in [-0.3, -0.25) is 10.1 Å². The summed E-state index contributed by atoms with van der Waals surface area (Å²) in [5, 5.41) is 10.9. The van der Waals surface area contributed by atoms with Crippen molar-refractivity contribution >= 4 is 11.4 Å². The first-order valence-electron chi connectivity index (χ1n) is 6.42. The summed E-state index contributed by atoms with van der Waals surface area (Å²) in [5.41, 5.74) is 5.96. The molecule has 0 aromatic heterocycles. The van der Waals surface area contributed by atoms with E-state index in [2.05, 4.69) is 15.6 Å². The van der Waals surface area contributed by atoms with Gasteiger partial charge in [-0.05, 0) is 24.3 Å². The topological polar surface area (TPSA) is 76.4 Å². The number of anilines is 1. The standard InChI is InChI=1S/C14H12F3N3O3/c15-14(16,17)23-12-6-7-13(20(21)22)10(8-12)9-18-19-11-4-2-1-3-5-11/h1-8,18-19H,9H2. The van der Waals surface area contributed by atoms with Gasteiger partial charge in [-0.1, -0.05) is 18.2 Å². The fourth-order valence-electron chi connectivity index (χ4n) is 1.84. The Labute approximate surface area is 129 Å². The molecule has 2 aromatic carbocycles. The first kappa shape index (κ1) is 16.6. The van der Waals surface area contributed by atoms with Gasteiger partial charge in [-0.25, -0.2) is 5.43 Å². The van der Waals surface area contributed by atoms with Gasteiger partial charge in [0.25, 0.3) is 5.69 Å². The van der Waals surface area contributed by atoms with Gasteiger partial charge in [-0.2, -0.15) is 0 Å². The van der Waals surface area contributed by atoms with E-state index in [0.717, 1.165) is 18.2 Å². The van der Waals surface area contributed by atoms with Crippen LogP contribution in [0.15, 0.2) is 48.5 Å². The number of nitrogens with zero attached hydrogens (tertiary/aromatic N) is 1. The van der Waals surface area contributed by atoms with Crippen molar-refractivity contribution in [1.82, 2.24) is 5.43 Å². The maximum Gasteiger partial charge on any atom is 0.573 e. The van der Waals surface area contributed by atoms with E-state index in [0.29, 0.717) is 5.69 Å². The van der Waals surface area contributed by atoms with Crippen molar-refractivity contribution in [3.8, 4) is 5.75 Å². The number of nitro groups is 1. The molecule has 0 fully saturated rings. The molecule has 0 amide bonds. The van der Waals surface area contributed by atoms with Crippen LogP contribution >= 0.6 is 0 Å². The summed E-state index contributed by atoms with van der Waals surface area (Å²) in [6.45, 7) is -0.0692. The third kappa shape index (κ3) is 5.15. The summed E-state index contributed by atoms with van der Waals surface area (Å²) in [7, 11) is 0. The lowest BCUT2D eigenvalue weighted by Crippen LogP contribution is -2.22. The van der Waals surface area contributed by atoms with Gasteiger partial charge in [0.1, 0.15) is 5.75 Å². The van der Waals surface area contributed by atoms with Crippen LogP contribution in [-0.2, 0) is 6.54 Å². The van der Waals surface area contributed by atoms with Crippen molar-refractivity contribution in [2.45, 2.75) is 12.9 Å². The van der Waals surface area contributed by atoms with Crippen molar-refractivity contribution in [2.24, 2.45) is 0 Å². The van der Waals surface area contributed by atoms with Crippen LogP contribution in [0.1, 0.15) is 5.56 Å². The van der Waals surface area contributed by atoms with Gasteiger partial charge >= 0.3 is 6.36 Å². The number of alkyl halides is 3. The number of rotatable bonds is 6. The van der Waals surface area contributed by atoms with Crippen molar-refractivity contribution in [1.29, 1.82) is 0 Å². The highest BCUT2D eigenvalue weighted by Crippen LogP contribution is 2.28. The molecule has 2 N–H and O–H groups in total. The average Bonchev–Trinajstić information content (AvgIpc) is 2.46. The number of nitrogens with one attached hydrogen (secondary N) is 2. The molecule has 0 heterocycles. The van der Waals surface area contributed by atoms with Crippen LogP contribution in [0, 0.1) is 10.1 Å². The smallest absolute Gasteiger partial charge is 0.406 e. The lowest BCUT2D eigenvalue weighted by atomic mass is 10.1. The lowest BCUT2D eigenvalue weighted by molar-refractivity contribution is -0.385. The van der Waals surface area contributed by atoms with E-state index in [1.165, 1.54) is 0 Å². The normalized spacial score (nSPS) is 11.1. The van der Waals surface area contributed by atoms with Crippen LogP contribution in [0.25, 0.3) is 0 Å². The number of benzene rings is 2. The van der Waals surface area contributed by atoms with Crippen LogP contribution in [0.3, 0.4) is 0 Å².